The van der Waals surface area contributed by atoms with Crippen LogP contribution in [0.4, 0.5) is 0 Å². The molecule has 1 aliphatic rings. The van der Waals surface area contributed by atoms with Crippen LogP contribution in [0.5, 0.6) is 11.5 Å². The predicted molar refractivity (Wildman–Crippen MR) is 79.2 cm³/mol. The van der Waals surface area contributed by atoms with Crippen LogP contribution < -0.4 is 14.8 Å². The molecule has 4 heteroatoms. The topological polar surface area (TPSA) is 39.7 Å². The standard InChI is InChI=1S/C16H25NO3/c1-2-8-17-9-4-3-5-10-18-12-14-6-7-15-16(11-14)20-13-19-15/h6-7,11,17H,2-5,8-10,12-13H2,1H3. The Morgan fingerprint density at radius 1 is 1.10 bits per heavy atom. The van der Waals surface area contributed by atoms with E-state index in [1.807, 2.05) is 18.2 Å². The fraction of sp³-hybridized carbons (Fsp3) is 0.625. The molecule has 0 fully saturated rings. The largest absolute Gasteiger partial charge is 0.454 e. The number of unbranched alkanes of at least 4 members (excludes halogenated alkanes) is 2. The molecule has 0 amide bonds. The smallest absolute Gasteiger partial charge is 0.231 e. The van der Waals surface area contributed by atoms with E-state index in [1.54, 1.807) is 0 Å². The average Bonchev–Trinajstić information content (AvgIpc) is 2.93. The second-order valence-electron chi connectivity index (χ2n) is 5.05. The number of nitrogens with one attached hydrogen (secondary N) is 1. The van der Waals surface area contributed by atoms with Gasteiger partial charge in [0.05, 0.1) is 6.61 Å². The number of hydrogen-bond donors (Lipinski definition) is 1. The minimum atomic E-state index is 0.325. The molecule has 1 aromatic rings. The van der Waals surface area contributed by atoms with Crippen LogP contribution in [-0.2, 0) is 11.3 Å². The van der Waals surface area contributed by atoms with E-state index in [9.17, 15) is 0 Å². The Labute approximate surface area is 121 Å². The maximum atomic E-state index is 5.69. The molecule has 0 aliphatic carbocycles. The van der Waals surface area contributed by atoms with E-state index < -0.39 is 0 Å². The lowest BCUT2D eigenvalue weighted by Crippen LogP contribution is -2.15. The summed E-state index contributed by atoms with van der Waals surface area (Å²) in [5, 5.41) is 3.41. The Morgan fingerprint density at radius 2 is 2.00 bits per heavy atom. The molecule has 1 N–H and O–H groups in total. The van der Waals surface area contributed by atoms with Gasteiger partial charge in [-0.25, -0.2) is 0 Å². The van der Waals surface area contributed by atoms with Crippen molar-refractivity contribution < 1.29 is 14.2 Å². The van der Waals surface area contributed by atoms with Gasteiger partial charge in [-0.3, -0.25) is 0 Å². The SMILES string of the molecule is CCCNCCCCCOCc1ccc2c(c1)OCO2. The first-order chi connectivity index (χ1) is 9.90. The summed E-state index contributed by atoms with van der Waals surface area (Å²) < 4.78 is 16.3. The highest BCUT2D eigenvalue weighted by atomic mass is 16.7. The zero-order valence-electron chi connectivity index (χ0n) is 12.3. The summed E-state index contributed by atoms with van der Waals surface area (Å²) in [7, 11) is 0. The number of rotatable bonds is 10. The molecule has 112 valence electrons. The highest BCUT2D eigenvalue weighted by Gasteiger charge is 2.12. The monoisotopic (exact) mass is 279 g/mol. The summed E-state index contributed by atoms with van der Waals surface area (Å²) in [6, 6.07) is 5.97. The Morgan fingerprint density at radius 3 is 2.90 bits per heavy atom. The van der Waals surface area contributed by atoms with Gasteiger partial charge in [-0.1, -0.05) is 13.0 Å². The normalized spacial score (nSPS) is 12.8. The maximum Gasteiger partial charge on any atom is 0.231 e. The lowest BCUT2D eigenvalue weighted by molar-refractivity contribution is 0.116. The lowest BCUT2D eigenvalue weighted by Gasteiger charge is -2.06. The first-order valence-electron chi connectivity index (χ1n) is 7.57. The molecular formula is C16H25NO3. The molecule has 1 heterocycles. The summed E-state index contributed by atoms with van der Waals surface area (Å²) in [5.41, 5.74) is 1.14. The highest BCUT2D eigenvalue weighted by Crippen LogP contribution is 2.32. The van der Waals surface area contributed by atoms with Gasteiger partial charge < -0.3 is 19.5 Å². The molecule has 0 radical (unpaired) electrons. The van der Waals surface area contributed by atoms with Crippen molar-refractivity contribution in [1.29, 1.82) is 0 Å². The van der Waals surface area contributed by atoms with Crippen molar-refractivity contribution in [3.05, 3.63) is 23.8 Å². The second-order valence-corrected chi connectivity index (χ2v) is 5.05. The van der Waals surface area contributed by atoms with E-state index in [2.05, 4.69) is 12.2 Å². The number of ether oxygens (including phenoxy) is 3. The van der Waals surface area contributed by atoms with Crippen LogP contribution in [-0.4, -0.2) is 26.5 Å². The highest BCUT2D eigenvalue weighted by molar-refractivity contribution is 5.44. The van der Waals surface area contributed by atoms with E-state index in [0.29, 0.717) is 13.4 Å². The molecule has 0 aromatic heterocycles. The van der Waals surface area contributed by atoms with Gasteiger partial charge in [0, 0.05) is 6.61 Å². The predicted octanol–water partition coefficient (Wildman–Crippen LogP) is 3.10. The van der Waals surface area contributed by atoms with Crippen LogP contribution in [0.15, 0.2) is 18.2 Å². The Balaban J connectivity index is 1.51. The van der Waals surface area contributed by atoms with Gasteiger partial charge in [0.15, 0.2) is 11.5 Å². The Bertz CT molecular complexity index is 395. The van der Waals surface area contributed by atoms with Crippen LogP contribution in [0.1, 0.15) is 38.2 Å². The number of hydrogen-bond acceptors (Lipinski definition) is 4. The van der Waals surface area contributed by atoms with Gasteiger partial charge in [-0.2, -0.15) is 0 Å². The van der Waals surface area contributed by atoms with Crippen LogP contribution in [0.3, 0.4) is 0 Å². The van der Waals surface area contributed by atoms with Gasteiger partial charge in [-0.15, -0.1) is 0 Å². The molecule has 0 atom stereocenters. The summed E-state index contributed by atoms with van der Waals surface area (Å²) in [4.78, 5) is 0. The van der Waals surface area contributed by atoms with Crippen LogP contribution in [0.2, 0.25) is 0 Å². The van der Waals surface area contributed by atoms with Crippen molar-refractivity contribution in [3.8, 4) is 11.5 Å². The van der Waals surface area contributed by atoms with Crippen LogP contribution >= 0.6 is 0 Å². The van der Waals surface area contributed by atoms with Crippen LogP contribution in [0.25, 0.3) is 0 Å². The molecular weight excluding hydrogens is 254 g/mol. The van der Waals surface area contributed by atoms with E-state index in [4.69, 9.17) is 14.2 Å². The van der Waals surface area contributed by atoms with Crippen molar-refractivity contribution in [2.45, 2.75) is 39.2 Å². The summed E-state index contributed by atoms with van der Waals surface area (Å²) in [6.07, 6.45) is 4.78. The molecule has 1 aromatic carbocycles. The lowest BCUT2D eigenvalue weighted by atomic mass is 10.2. The van der Waals surface area contributed by atoms with E-state index in [0.717, 1.165) is 43.2 Å². The van der Waals surface area contributed by atoms with Crippen molar-refractivity contribution in [2.75, 3.05) is 26.5 Å². The minimum absolute atomic E-state index is 0.325. The first kappa shape index (κ1) is 15.1. The van der Waals surface area contributed by atoms with E-state index in [-0.39, 0.29) is 0 Å². The third-order valence-corrected chi connectivity index (χ3v) is 3.27. The van der Waals surface area contributed by atoms with Crippen molar-refractivity contribution in [1.82, 2.24) is 5.32 Å². The summed E-state index contributed by atoms with van der Waals surface area (Å²) in [6.45, 7) is 6.23. The molecule has 2 rings (SSSR count). The third kappa shape index (κ3) is 5.02. The molecule has 0 bridgehead atoms. The number of fused-ring (bicyclic) bond motifs is 1. The van der Waals surface area contributed by atoms with Gasteiger partial charge in [0.25, 0.3) is 0 Å². The van der Waals surface area contributed by atoms with E-state index in [1.165, 1.54) is 19.3 Å². The summed E-state index contributed by atoms with van der Waals surface area (Å²) >= 11 is 0. The zero-order valence-corrected chi connectivity index (χ0v) is 12.3. The molecule has 0 saturated carbocycles. The van der Waals surface area contributed by atoms with Gasteiger partial charge in [-0.05, 0) is 56.5 Å². The molecule has 20 heavy (non-hydrogen) atoms. The molecule has 1 aliphatic heterocycles. The molecule has 0 saturated heterocycles. The fourth-order valence-electron chi connectivity index (χ4n) is 2.15. The molecule has 4 nitrogen and oxygen atoms in total. The quantitative estimate of drug-likeness (QED) is 0.668. The average molecular weight is 279 g/mol. The third-order valence-electron chi connectivity index (χ3n) is 3.27. The molecule has 0 unspecified atom stereocenters. The van der Waals surface area contributed by atoms with Crippen molar-refractivity contribution in [2.24, 2.45) is 0 Å². The second kappa shape index (κ2) is 8.82. The molecule has 0 spiro atoms. The fourth-order valence-corrected chi connectivity index (χ4v) is 2.15. The maximum absolute atomic E-state index is 5.69. The minimum Gasteiger partial charge on any atom is -0.454 e. The van der Waals surface area contributed by atoms with Gasteiger partial charge >= 0.3 is 0 Å². The Kier molecular flexibility index (Phi) is 6.68. The number of benzene rings is 1. The summed E-state index contributed by atoms with van der Waals surface area (Å²) in [5.74, 6) is 1.65. The van der Waals surface area contributed by atoms with Crippen LogP contribution in [0, 0.1) is 0 Å². The first-order valence-corrected chi connectivity index (χ1v) is 7.57. The van der Waals surface area contributed by atoms with Crippen molar-refractivity contribution >= 4 is 0 Å². The van der Waals surface area contributed by atoms with E-state index >= 15 is 0 Å². The van der Waals surface area contributed by atoms with Gasteiger partial charge in [0.1, 0.15) is 0 Å². The Hall–Kier alpha value is -1.26. The van der Waals surface area contributed by atoms with Gasteiger partial charge in [0.2, 0.25) is 6.79 Å². The van der Waals surface area contributed by atoms with Crippen molar-refractivity contribution in [3.63, 3.8) is 0 Å². The zero-order chi connectivity index (χ0) is 14.0.